The molecular weight excluding hydrogens is 370 g/mol. The highest BCUT2D eigenvalue weighted by Gasteiger charge is 2.10. The Morgan fingerprint density at radius 3 is 2.62 bits per heavy atom. The third-order valence-electron chi connectivity index (χ3n) is 4.68. The number of aryl methyl sites for hydroxylation is 2. The summed E-state index contributed by atoms with van der Waals surface area (Å²) >= 11 is 0. The lowest BCUT2D eigenvalue weighted by molar-refractivity contribution is -0.385. The largest absolute Gasteiger partial charge is 0.872 e. The number of nitrogens with zero attached hydrogens (tertiary/aromatic N) is 3. The van der Waals surface area contributed by atoms with E-state index in [4.69, 9.17) is 4.42 Å². The number of aromatic nitrogens is 1. The monoisotopic (exact) mass is 386 g/mol. The van der Waals surface area contributed by atoms with Gasteiger partial charge in [0.05, 0.1) is 10.6 Å². The fourth-order valence-electron chi connectivity index (χ4n) is 2.89. The summed E-state index contributed by atoms with van der Waals surface area (Å²) in [5.74, 6) is 0.184. The van der Waals surface area contributed by atoms with Crippen molar-refractivity contribution in [1.82, 2.24) is 4.98 Å². The Bertz CT molecular complexity index is 1270. The van der Waals surface area contributed by atoms with E-state index in [9.17, 15) is 15.2 Å². The average Bonchev–Trinajstić information content (AvgIpc) is 3.12. The predicted molar refractivity (Wildman–Crippen MR) is 109 cm³/mol. The van der Waals surface area contributed by atoms with Crippen molar-refractivity contribution in [1.29, 1.82) is 0 Å². The van der Waals surface area contributed by atoms with Crippen LogP contribution < -0.4 is 5.11 Å². The standard InChI is InChI=1S/C22H17N3O4/c1-13-3-4-15(9-14(13)2)22-24-19-11-17(5-8-21(19)29-22)23-12-16-10-18(25(27)28)6-7-20(16)26/h3-12,26H,1-2H3/p-1. The zero-order valence-corrected chi connectivity index (χ0v) is 15.7. The van der Waals surface area contributed by atoms with Gasteiger partial charge in [-0.05, 0) is 60.9 Å². The lowest BCUT2D eigenvalue weighted by atomic mass is 10.1. The first-order valence-electron chi connectivity index (χ1n) is 8.88. The number of aliphatic imine (C=N–C) groups is 1. The van der Waals surface area contributed by atoms with Crippen molar-refractivity contribution < 1.29 is 14.4 Å². The molecule has 1 heterocycles. The number of nitro groups is 1. The van der Waals surface area contributed by atoms with Crippen LogP contribution in [0.4, 0.5) is 11.4 Å². The second-order valence-electron chi connectivity index (χ2n) is 6.71. The van der Waals surface area contributed by atoms with Crippen LogP contribution in [0.3, 0.4) is 0 Å². The molecule has 0 saturated carbocycles. The minimum Gasteiger partial charge on any atom is -0.872 e. The van der Waals surface area contributed by atoms with Gasteiger partial charge in [-0.3, -0.25) is 15.1 Å². The summed E-state index contributed by atoms with van der Waals surface area (Å²) in [6, 6.07) is 14.8. The lowest BCUT2D eigenvalue weighted by Gasteiger charge is -2.08. The molecule has 0 aliphatic carbocycles. The summed E-state index contributed by atoms with van der Waals surface area (Å²) in [6.45, 7) is 4.08. The highest BCUT2D eigenvalue weighted by Crippen LogP contribution is 2.28. The SMILES string of the molecule is Cc1ccc(-c2nc3cc(N=Cc4cc([N+](=O)[O-])ccc4[O-])ccc3o2)cc1C. The van der Waals surface area contributed by atoms with E-state index in [1.807, 2.05) is 32.0 Å². The number of non-ortho nitro benzene ring substituents is 1. The van der Waals surface area contributed by atoms with Gasteiger partial charge < -0.3 is 9.52 Å². The molecule has 29 heavy (non-hydrogen) atoms. The minimum atomic E-state index is -0.549. The van der Waals surface area contributed by atoms with Gasteiger partial charge in [-0.25, -0.2) is 4.98 Å². The second kappa shape index (κ2) is 7.20. The molecule has 7 nitrogen and oxygen atoms in total. The molecule has 3 aromatic carbocycles. The van der Waals surface area contributed by atoms with Gasteiger partial charge in [0.15, 0.2) is 5.58 Å². The van der Waals surface area contributed by atoms with Crippen molar-refractivity contribution in [2.24, 2.45) is 4.99 Å². The highest BCUT2D eigenvalue weighted by molar-refractivity contribution is 5.87. The predicted octanol–water partition coefficient (Wildman–Crippen LogP) is 4.84. The van der Waals surface area contributed by atoms with E-state index in [0.29, 0.717) is 22.7 Å². The molecule has 0 spiro atoms. The molecular formula is C22H16N3O4-. The summed E-state index contributed by atoms with van der Waals surface area (Å²) in [5, 5.41) is 22.8. The second-order valence-corrected chi connectivity index (χ2v) is 6.71. The van der Waals surface area contributed by atoms with Crippen LogP contribution in [0.15, 0.2) is 64.0 Å². The molecule has 0 atom stereocenters. The smallest absolute Gasteiger partial charge is 0.270 e. The molecule has 4 rings (SSSR count). The van der Waals surface area contributed by atoms with Crippen molar-refractivity contribution in [3.8, 4) is 17.2 Å². The van der Waals surface area contributed by atoms with E-state index >= 15 is 0 Å². The number of benzene rings is 3. The Balaban J connectivity index is 1.66. The van der Waals surface area contributed by atoms with Crippen molar-refractivity contribution >= 4 is 28.7 Å². The molecule has 0 aliphatic heterocycles. The van der Waals surface area contributed by atoms with Crippen LogP contribution >= 0.6 is 0 Å². The summed E-state index contributed by atoms with van der Waals surface area (Å²) in [6.07, 6.45) is 1.32. The molecule has 0 N–H and O–H groups in total. The summed E-state index contributed by atoms with van der Waals surface area (Å²) in [4.78, 5) is 19.1. The van der Waals surface area contributed by atoms with Crippen LogP contribution in [0.2, 0.25) is 0 Å². The molecule has 0 bridgehead atoms. The van der Waals surface area contributed by atoms with E-state index in [2.05, 4.69) is 9.98 Å². The third kappa shape index (κ3) is 3.70. The van der Waals surface area contributed by atoms with Crippen LogP contribution in [0.25, 0.3) is 22.6 Å². The first kappa shape index (κ1) is 18.4. The van der Waals surface area contributed by atoms with Gasteiger partial charge >= 0.3 is 0 Å². The molecule has 0 radical (unpaired) electrons. The topological polar surface area (TPSA) is 105 Å². The number of rotatable bonds is 4. The van der Waals surface area contributed by atoms with Gasteiger partial charge in [0.25, 0.3) is 5.69 Å². The third-order valence-corrected chi connectivity index (χ3v) is 4.68. The number of fused-ring (bicyclic) bond motifs is 1. The number of nitro benzene ring substituents is 1. The number of oxazole rings is 1. The Morgan fingerprint density at radius 2 is 1.86 bits per heavy atom. The summed E-state index contributed by atoms with van der Waals surface area (Å²) in [7, 11) is 0. The average molecular weight is 386 g/mol. The van der Waals surface area contributed by atoms with Gasteiger partial charge in [0.1, 0.15) is 5.52 Å². The molecule has 144 valence electrons. The molecule has 0 aliphatic rings. The summed E-state index contributed by atoms with van der Waals surface area (Å²) < 4.78 is 5.84. The quantitative estimate of drug-likeness (QED) is 0.283. The maximum absolute atomic E-state index is 11.9. The van der Waals surface area contributed by atoms with Crippen molar-refractivity contribution in [3.63, 3.8) is 0 Å². The molecule has 7 heteroatoms. The van der Waals surface area contributed by atoms with Crippen molar-refractivity contribution in [2.45, 2.75) is 13.8 Å². The molecule has 4 aromatic rings. The van der Waals surface area contributed by atoms with Crippen molar-refractivity contribution in [3.05, 3.63) is 81.4 Å². The van der Waals surface area contributed by atoms with Crippen LogP contribution in [0.1, 0.15) is 16.7 Å². The van der Waals surface area contributed by atoms with Gasteiger partial charge in [0, 0.05) is 23.9 Å². The fraction of sp³-hybridized carbons (Fsp3) is 0.0909. The highest BCUT2D eigenvalue weighted by atomic mass is 16.6. The normalized spacial score (nSPS) is 11.4. The van der Waals surface area contributed by atoms with Gasteiger partial charge in [-0.1, -0.05) is 17.9 Å². The van der Waals surface area contributed by atoms with E-state index in [1.165, 1.54) is 23.9 Å². The van der Waals surface area contributed by atoms with Crippen LogP contribution in [-0.4, -0.2) is 16.1 Å². The maximum atomic E-state index is 11.9. The van der Waals surface area contributed by atoms with Gasteiger partial charge in [-0.2, -0.15) is 0 Å². The Hall–Kier alpha value is -4.00. The fourth-order valence-corrected chi connectivity index (χ4v) is 2.89. The number of hydrogen-bond acceptors (Lipinski definition) is 6. The number of hydrogen-bond donors (Lipinski definition) is 0. The van der Waals surface area contributed by atoms with Crippen LogP contribution in [0, 0.1) is 24.0 Å². The Morgan fingerprint density at radius 1 is 1.03 bits per heavy atom. The summed E-state index contributed by atoms with van der Waals surface area (Å²) in [5.41, 5.74) is 5.05. The minimum absolute atomic E-state index is 0.148. The molecule has 0 fully saturated rings. The van der Waals surface area contributed by atoms with E-state index in [-0.39, 0.29) is 17.0 Å². The molecule has 0 saturated heterocycles. The van der Waals surface area contributed by atoms with Gasteiger partial charge in [-0.15, -0.1) is 0 Å². The van der Waals surface area contributed by atoms with Crippen LogP contribution in [-0.2, 0) is 0 Å². The first-order valence-corrected chi connectivity index (χ1v) is 8.88. The Kier molecular flexibility index (Phi) is 4.56. The zero-order chi connectivity index (χ0) is 20.5. The molecule has 0 amide bonds. The first-order chi connectivity index (χ1) is 13.9. The maximum Gasteiger partial charge on any atom is 0.270 e. The molecule has 1 aromatic heterocycles. The van der Waals surface area contributed by atoms with E-state index in [1.54, 1.807) is 18.2 Å². The van der Waals surface area contributed by atoms with Crippen LogP contribution in [0.5, 0.6) is 5.75 Å². The van der Waals surface area contributed by atoms with E-state index < -0.39 is 4.92 Å². The lowest BCUT2D eigenvalue weighted by Crippen LogP contribution is -1.98. The Labute approximate surface area is 166 Å². The van der Waals surface area contributed by atoms with Gasteiger partial charge in [0.2, 0.25) is 5.89 Å². The van der Waals surface area contributed by atoms with Crippen molar-refractivity contribution in [2.75, 3.05) is 0 Å². The zero-order valence-electron chi connectivity index (χ0n) is 15.7. The molecule has 0 unspecified atom stereocenters. The van der Waals surface area contributed by atoms with E-state index in [0.717, 1.165) is 17.2 Å².